The van der Waals surface area contributed by atoms with E-state index in [0.717, 1.165) is 12.5 Å². The van der Waals surface area contributed by atoms with E-state index in [1.54, 1.807) is 7.11 Å². The summed E-state index contributed by atoms with van der Waals surface area (Å²) in [5, 5.41) is 0. The van der Waals surface area contributed by atoms with Crippen LogP contribution < -0.4 is 0 Å². The Morgan fingerprint density at radius 3 is 2.25 bits per heavy atom. The van der Waals surface area contributed by atoms with Gasteiger partial charge in [0.05, 0.1) is 0 Å². The summed E-state index contributed by atoms with van der Waals surface area (Å²) in [5.41, 5.74) is 0. The molecule has 2 unspecified atom stereocenters. The molecule has 0 aliphatic carbocycles. The van der Waals surface area contributed by atoms with Crippen molar-refractivity contribution in [3.8, 4) is 0 Å². The number of rotatable bonds is 7. The lowest BCUT2D eigenvalue weighted by atomic mass is 9.91. The quantitative estimate of drug-likeness (QED) is 0.534. The van der Waals surface area contributed by atoms with Gasteiger partial charge in [0.2, 0.25) is 0 Å². The molecule has 0 aliphatic heterocycles. The molecule has 0 rings (SSSR count). The van der Waals surface area contributed by atoms with Crippen molar-refractivity contribution in [1.82, 2.24) is 0 Å². The van der Waals surface area contributed by atoms with E-state index >= 15 is 0 Å². The molecule has 74 valence electrons. The minimum atomic E-state index is 0.715. The Labute approximate surface area is 77.5 Å². The standard InChI is InChI=1S/C11H24O/c1-5-6-7-8-10(2)11(3)9-12-4/h10-11H,5-9H2,1-4H3. The number of hydrogen-bond donors (Lipinski definition) is 0. The lowest BCUT2D eigenvalue weighted by Crippen LogP contribution is -2.13. The third-order valence-electron chi connectivity index (χ3n) is 2.66. The van der Waals surface area contributed by atoms with Gasteiger partial charge >= 0.3 is 0 Å². The van der Waals surface area contributed by atoms with Crippen LogP contribution in [0.1, 0.15) is 46.5 Å². The second-order valence-corrected chi connectivity index (χ2v) is 3.91. The fourth-order valence-electron chi connectivity index (χ4n) is 1.43. The Balaban J connectivity index is 3.35. The minimum Gasteiger partial charge on any atom is -0.384 e. The molecule has 0 spiro atoms. The topological polar surface area (TPSA) is 9.23 Å². The van der Waals surface area contributed by atoms with E-state index in [0.29, 0.717) is 5.92 Å². The summed E-state index contributed by atoms with van der Waals surface area (Å²) >= 11 is 0. The molecule has 0 amide bonds. The van der Waals surface area contributed by atoms with Crippen LogP contribution in [0.5, 0.6) is 0 Å². The molecular formula is C11H24O. The third-order valence-corrected chi connectivity index (χ3v) is 2.66. The maximum absolute atomic E-state index is 5.13. The maximum Gasteiger partial charge on any atom is 0.0490 e. The molecule has 0 aromatic carbocycles. The van der Waals surface area contributed by atoms with Crippen molar-refractivity contribution in [1.29, 1.82) is 0 Å². The van der Waals surface area contributed by atoms with Crippen molar-refractivity contribution in [2.75, 3.05) is 13.7 Å². The van der Waals surface area contributed by atoms with Gasteiger partial charge in [0.15, 0.2) is 0 Å². The van der Waals surface area contributed by atoms with Crippen LogP contribution >= 0.6 is 0 Å². The van der Waals surface area contributed by atoms with E-state index in [-0.39, 0.29) is 0 Å². The lowest BCUT2D eigenvalue weighted by Gasteiger charge is -2.18. The highest BCUT2D eigenvalue weighted by Gasteiger charge is 2.10. The molecule has 0 radical (unpaired) electrons. The van der Waals surface area contributed by atoms with Gasteiger partial charge in [-0.25, -0.2) is 0 Å². The smallest absolute Gasteiger partial charge is 0.0490 e. The molecule has 1 heteroatoms. The van der Waals surface area contributed by atoms with Gasteiger partial charge in [0.25, 0.3) is 0 Å². The van der Waals surface area contributed by atoms with E-state index in [2.05, 4.69) is 20.8 Å². The number of methoxy groups -OCH3 is 1. The van der Waals surface area contributed by atoms with Gasteiger partial charge in [-0.3, -0.25) is 0 Å². The molecule has 0 saturated carbocycles. The molecule has 2 atom stereocenters. The average Bonchev–Trinajstić information content (AvgIpc) is 2.05. The first kappa shape index (κ1) is 12.0. The monoisotopic (exact) mass is 172 g/mol. The van der Waals surface area contributed by atoms with Crippen molar-refractivity contribution >= 4 is 0 Å². The van der Waals surface area contributed by atoms with Crippen LogP contribution in [-0.4, -0.2) is 13.7 Å². The molecule has 0 aromatic heterocycles. The van der Waals surface area contributed by atoms with Crippen molar-refractivity contribution in [2.45, 2.75) is 46.5 Å². The Morgan fingerprint density at radius 2 is 1.75 bits per heavy atom. The summed E-state index contributed by atoms with van der Waals surface area (Å²) in [6.07, 6.45) is 5.44. The Kier molecular flexibility index (Phi) is 7.58. The van der Waals surface area contributed by atoms with Crippen LogP contribution in [0.2, 0.25) is 0 Å². The second kappa shape index (κ2) is 7.60. The van der Waals surface area contributed by atoms with Gasteiger partial charge in [0.1, 0.15) is 0 Å². The summed E-state index contributed by atoms with van der Waals surface area (Å²) < 4.78 is 5.13. The normalized spacial score (nSPS) is 16.0. The molecule has 0 bridgehead atoms. The van der Waals surface area contributed by atoms with Crippen LogP contribution in [0.3, 0.4) is 0 Å². The molecular weight excluding hydrogens is 148 g/mol. The molecule has 12 heavy (non-hydrogen) atoms. The Bertz CT molecular complexity index is 91.0. The van der Waals surface area contributed by atoms with Crippen molar-refractivity contribution in [3.05, 3.63) is 0 Å². The highest BCUT2D eigenvalue weighted by atomic mass is 16.5. The van der Waals surface area contributed by atoms with Crippen LogP contribution in [0.4, 0.5) is 0 Å². The van der Waals surface area contributed by atoms with Crippen LogP contribution in [0, 0.1) is 11.8 Å². The molecule has 0 N–H and O–H groups in total. The fourth-order valence-corrected chi connectivity index (χ4v) is 1.43. The molecule has 0 aromatic rings. The zero-order chi connectivity index (χ0) is 9.40. The molecule has 0 saturated heterocycles. The van der Waals surface area contributed by atoms with Gasteiger partial charge in [0, 0.05) is 13.7 Å². The van der Waals surface area contributed by atoms with E-state index in [1.165, 1.54) is 25.7 Å². The predicted molar refractivity (Wildman–Crippen MR) is 54.3 cm³/mol. The second-order valence-electron chi connectivity index (χ2n) is 3.91. The first-order chi connectivity index (χ1) is 5.72. The van der Waals surface area contributed by atoms with Gasteiger partial charge in [-0.05, 0) is 11.8 Å². The highest BCUT2D eigenvalue weighted by molar-refractivity contribution is 4.61. The van der Waals surface area contributed by atoms with Crippen molar-refractivity contribution < 1.29 is 4.74 Å². The largest absolute Gasteiger partial charge is 0.384 e. The van der Waals surface area contributed by atoms with E-state index in [1.807, 2.05) is 0 Å². The molecule has 0 fully saturated rings. The summed E-state index contributed by atoms with van der Waals surface area (Å²) in [6, 6.07) is 0. The SMILES string of the molecule is CCCCCC(C)C(C)COC. The first-order valence-corrected chi connectivity index (χ1v) is 5.21. The fraction of sp³-hybridized carbons (Fsp3) is 1.00. The molecule has 1 nitrogen and oxygen atoms in total. The van der Waals surface area contributed by atoms with E-state index in [4.69, 9.17) is 4.74 Å². The zero-order valence-corrected chi connectivity index (χ0v) is 9.10. The third kappa shape index (κ3) is 5.59. The predicted octanol–water partition coefficient (Wildman–Crippen LogP) is 3.49. The first-order valence-electron chi connectivity index (χ1n) is 5.21. The maximum atomic E-state index is 5.13. The van der Waals surface area contributed by atoms with Crippen molar-refractivity contribution in [2.24, 2.45) is 11.8 Å². The van der Waals surface area contributed by atoms with E-state index < -0.39 is 0 Å². The van der Waals surface area contributed by atoms with Gasteiger partial charge in [-0.15, -0.1) is 0 Å². The number of ether oxygens (including phenoxy) is 1. The van der Waals surface area contributed by atoms with Crippen LogP contribution in [0.15, 0.2) is 0 Å². The van der Waals surface area contributed by atoms with Crippen molar-refractivity contribution in [3.63, 3.8) is 0 Å². The Morgan fingerprint density at radius 1 is 1.08 bits per heavy atom. The zero-order valence-electron chi connectivity index (χ0n) is 9.10. The molecule has 0 aliphatic rings. The summed E-state index contributed by atoms with van der Waals surface area (Å²) in [4.78, 5) is 0. The highest BCUT2D eigenvalue weighted by Crippen LogP contribution is 2.18. The summed E-state index contributed by atoms with van der Waals surface area (Å²) in [6.45, 7) is 7.77. The van der Waals surface area contributed by atoms with Gasteiger partial charge in [-0.1, -0.05) is 46.5 Å². The van der Waals surface area contributed by atoms with Gasteiger partial charge in [-0.2, -0.15) is 0 Å². The van der Waals surface area contributed by atoms with Crippen LogP contribution in [-0.2, 0) is 4.74 Å². The average molecular weight is 172 g/mol. The lowest BCUT2D eigenvalue weighted by molar-refractivity contribution is 0.130. The van der Waals surface area contributed by atoms with Crippen LogP contribution in [0.25, 0.3) is 0 Å². The molecule has 0 heterocycles. The summed E-state index contributed by atoms with van der Waals surface area (Å²) in [5.74, 6) is 1.53. The van der Waals surface area contributed by atoms with Gasteiger partial charge < -0.3 is 4.74 Å². The minimum absolute atomic E-state index is 0.715. The Hall–Kier alpha value is -0.0400. The summed E-state index contributed by atoms with van der Waals surface area (Å²) in [7, 11) is 1.79. The number of unbranched alkanes of at least 4 members (excludes halogenated alkanes) is 2. The number of hydrogen-bond acceptors (Lipinski definition) is 1. The van der Waals surface area contributed by atoms with E-state index in [9.17, 15) is 0 Å².